The van der Waals surface area contributed by atoms with Crippen LogP contribution in [0, 0.1) is 5.92 Å². The molecule has 0 radical (unpaired) electrons. The van der Waals surface area contributed by atoms with Gasteiger partial charge in [-0.2, -0.15) is 13.2 Å². The molecule has 0 amide bonds. The van der Waals surface area contributed by atoms with Gasteiger partial charge in [-0.05, 0) is 24.8 Å². The minimum atomic E-state index is -4.13. The van der Waals surface area contributed by atoms with Crippen molar-refractivity contribution < 1.29 is 13.2 Å². The van der Waals surface area contributed by atoms with Gasteiger partial charge in [-0.25, -0.2) is 9.97 Å². The number of alkyl halides is 3. The highest BCUT2D eigenvalue weighted by Crippen LogP contribution is 2.36. The van der Waals surface area contributed by atoms with E-state index in [1.807, 2.05) is 7.05 Å². The Bertz CT molecular complexity index is 447. The first-order valence-corrected chi connectivity index (χ1v) is 6.24. The zero-order valence-electron chi connectivity index (χ0n) is 10.7. The lowest BCUT2D eigenvalue weighted by Crippen LogP contribution is -2.31. The molecule has 0 aromatic carbocycles. The molecule has 0 saturated heterocycles. The molecule has 7 heteroatoms. The maximum Gasteiger partial charge on any atom is 0.392 e. The van der Waals surface area contributed by atoms with Crippen molar-refractivity contribution in [3.8, 4) is 0 Å². The van der Waals surface area contributed by atoms with Gasteiger partial charge in [-0.1, -0.05) is 0 Å². The summed E-state index contributed by atoms with van der Waals surface area (Å²) in [5, 5.41) is 0. The van der Waals surface area contributed by atoms with Crippen molar-refractivity contribution in [3.63, 3.8) is 0 Å². The largest absolute Gasteiger partial charge is 0.392 e. The quantitative estimate of drug-likeness (QED) is 0.908. The molecule has 19 heavy (non-hydrogen) atoms. The second-order valence-corrected chi connectivity index (χ2v) is 4.83. The van der Waals surface area contributed by atoms with E-state index in [1.165, 1.54) is 6.20 Å². The standard InChI is InChI=1S/C12H17F3N4/c1-19(5-4-16)11-17-7-8-6-9(12(13,14)15)2-3-10(8)18-11/h7,9H,2-6,16H2,1H3. The second-order valence-electron chi connectivity index (χ2n) is 4.83. The van der Waals surface area contributed by atoms with Crippen LogP contribution in [0.3, 0.4) is 0 Å². The van der Waals surface area contributed by atoms with Gasteiger partial charge >= 0.3 is 6.18 Å². The highest BCUT2D eigenvalue weighted by molar-refractivity contribution is 5.33. The molecule has 1 heterocycles. The number of likely N-dealkylation sites (N-methyl/N-ethyl adjacent to an activating group) is 1. The third kappa shape index (κ3) is 3.15. The number of aromatic nitrogens is 2. The smallest absolute Gasteiger partial charge is 0.343 e. The van der Waals surface area contributed by atoms with Gasteiger partial charge in [0.2, 0.25) is 5.95 Å². The Labute approximate surface area is 109 Å². The number of halogens is 3. The molecule has 1 unspecified atom stereocenters. The van der Waals surface area contributed by atoms with E-state index in [2.05, 4.69) is 9.97 Å². The van der Waals surface area contributed by atoms with Crippen LogP contribution in [0.25, 0.3) is 0 Å². The van der Waals surface area contributed by atoms with Gasteiger partial charge in [0.25, 0.3) is 0 Å². The average Bonchev–Trinajstić information content (AvgIpc) is 2.36. The van der Waals surface area contributed by atoms with Gasteiger partial charge < -0.3 is 10.6 Å². The van der Waals surface area contributed by atoms with E-state index in [9.17, 15) is 13.2 Å². The molecule has 0 spiro atoms. The van der Waals surface area contributed by atoms with E-state index >= 15 is 0 Å². The lowest BCUT2D eigenvalue weighted by atomic mass is 9.87. The molecule has 2 rings (SSSR count). The summed E-state index contributed by atoms with van der Waals surface area (Å²) in [4.78, 5) is 10.3. The molecular formula is C12H17F3N4. The van der Waals surface area contributed by atoms with Gasteiger partial charge in [0.15, 0.2) is 0 Å². The summed E-state index contributed by atoms with van der Waals surface area (Å²) >= 11 is 0. The van der Waals surface area contributed by atoms with Crippen molar-refractivity contribution in [1.29, 1.82) is 0 Å². The van der Waals surface area contributed by atoms with E-state index in [0.29, 0.717) is 31.0 Å². The summed E-state index contributed by atoms with van der Waals surface area (Å²) in [5.41, 5.74) is 6.79. The highest BCUT2D eigenvalue weighted by atomic mass is 19.4. The van der Waals surface area contributed by atoms with Crippen molar-refractivity contribution in [1.82, 2.24) is 9.97 Å². The van der Waals surface area contributed by atoms with Gasteiger partial charge in [0, 0.05) is 32.0 Å². The van der Waals surface area contributed by atoms with Crippen LogP contribution in [0.5, 0.6) is 0 Å². The molecule has 2 N–H and O–H groups in total. The van der Waals surface area contributed by atoms with Crippen LogP contribution in [0.2, 0.25) is 0 Å². The van der Waals surface area contributed by atoms with E-state index < -0.39 is 12.1 Å². The van der Waals surface area contributed by atoms with Crippen molar-refractivity contribution in [2.45, 2.75) is 25.4 Å². The molecule has 0 saturated carbocycles. The Morgan fingerprint density at radius 1 is 1.47 bits per heavy atom. The normalized spacial score (nSPS) is 19.1. The average molecular weight is 274 g/mol. The summed E-state index contributed by atoms with van der Waals surface area (Å²) in [7, 11) is 1.82. The lowest BCUT2D eigenvalue weighted by Gasteiger charge is -2.26. The Morgan fingerprint density at radius 3 is 2.84 bits per heavy atom. The zero-order valence-corrected chi connectivity index (χ0v) is 10.7. The lowest BCUT2D eigenvalue weighted by molar-refractivity contribution is -0.177. The number of aryl methyl sites for hydroxylation is 1. The van der Waals surface area contributed by atoms with Crippen LogP contribution in [0.1, 0.15) is 17.7 Å². The molecular weight excluding hydrogens is 257 g/mol. The van der Waals surface area contributed by atoms with Crippen LogP contribution in [-0.2, 0) is 12.8 Å². The monoisotopic (exact) mass is 274 g/mol. The zero-order chi connectivity index (χ0) is 14.0. The van der Waals surface area contributed by atoms with Gasteiger partial charge in [0.05, 0.1) is 5.92 Å². The summed E-state index contributed by atoms with van der Waals surface area (Å²) in [6.45, 7) is 1.09. The number of rotatable bonds is 3. The molecule has 0 bridgehead atoms. The highest BCUT2D eigenvalue weighted by Gasteiger charge is 2.41. The fraction of sp³-hybridized carbons (Fsp3) is 0.667. The third-order valence-corrected chi connectivity index (χ3v) is 3.41. The Balaban J connectivity index is 2.16. The number of fused-ring (bicyclic) bond motifs is 1. The van der Waals surface area contributed by atoms with Crippen molar-refractivity contribution in [2.24, 2.45) is 11.7 Å². The number of nitrogens with zero attached hydrogens (tertiary/aromatic N) is 3. The number of hydrogen-bond acceptors (Lipinski definition) is 4. The minimum Gasteiger partial charge on any atom is -0.343 e. The Hall–Kier alpha value is -1.37. The number of hydrogen-bond donors (Lipinski definition) is 1. The molecule has 1 aromatic heterocycles. The van der Waals surface area contributed by atoms with E-state index in [4.69, 9.17) is 5.73 Å². The van der Waals surface area contributed by atoms with Crippen LogP contribution in [0.15, 0.2) is 6.20 Å². The van der Waals surface area contributed by atoms with Gasteiger partial charge in [0.1, 0.15) is 0 Å². The number of anilines is 1. The number of nitrogens with two attached hydrogens (primary N) is 1. The molecule has 1 atom stereocenters. The first-order chi connectivity index (χ1) is 8.91. The second kappa shape index (κ2) is 5.32. The van der Waals surface area contributed by atoms with Gasteiger partial charge in [-0.3, -0.25) is 0 Å². The third-order valence-electron chi connectivity index (χ3n) is 3.41. The summed E-state index contributed by atoms with van der Waals surface area (Å²) in [6.07, 6.45) is -2.17. The molecule has 0 fully saturated rings. The first-order valence-electron chi connectivity index (χ1n) is 6.24. The minimum absolute atomic E-state index is 0.0142. The van der Waals surface area contributed by atoms with E-state index in [1.54, 1.807) is 4.90 Å². The summed E-state index contributed by atoms with van der Waals surface area (Å²) < 4.78 is 38.0. The fourth-order valence-corrected chi connectivity index (χ4v) is 2.25. The van der Waals surface area contributed by atoms with Crippen LogP contribution >= 0.6 is 0 Å². The Kier molecular flexibility index (Phi) is 3.93. The van der Waals surface area contributed by atoms with Crippen molar-refractivity contribution in [3.05, 3.63) is 17.5 Å². The van der Waals surface area contributed by atoms with E-state index in [-0.39, 0.29) is 12.8 Å². The maximum atomic E-state index is 12.7. The van der Waals surface area contributed by atoms with Crippen LogP contribution < -0.4 is 10.6 Å². The van der Waals surface area contributed by atoms with E-state index in [0.717, 1.165) is 5.69 Å². The summed E-state index contributed by atoms with van der Waals surface area (Å²) in [6, 6.07) is 0. The Morgan fingerprint density at radius 2 is 2.21 bits per heavy atom. The maximum absolute atomic E-state index is 12.7. The van der Waals surface area contributed by atoms with Gasteiger partial charge in [-0.15, -0.1) is 0 Å². The van der Waals surface area contributed by atoms with Crippen LogP contribution in [0.4, 0.5) is 19.1 Å². The molecule has 0 aliphatic heterocycles. The fourth-order valence-electron chi connectivity index (χ4n) is 2.25. The molecule has 4 nitrogen and oxygen atoms in total. The van der Waals surface area contributed by atoms with Crippen LogP contribution in [-0.4, -0.2) is 36.3 Å². The molecule has 1 aliphatic carbocycles. The van der Waals surface area contributed by atoms with Crippen molar-refractivity contribution in [2.75, 3.05) is 25.0 Å². The SMILES string of the molecule is CN(CCN)c1ncc2c(n1)CCC(C(F)(F)F)C2. The van der Waals surface area contributed by atoms with Crippen molar-refractivity contribution >= 4 is 5.95 Å². The molecule has 106 valence electrons. The molecule has 1 aromatic rings. The predicted molar refractivity (Wildman–Crippen MR) is 65.9 cm³/mol. The topological polar surface area (TPSA) is 55.0 Å². The predicted octanol–water partition coefficient (Wildman–Crippen LogP) is 1.54. The molecule has 1 aliphatic rings. The first kappa shape index (κ1) is 14.0. The summed E-state index contributed by atoms with van der Waals surface area (Å²) in [5.74, 6) is -0.745.